The van der Waals surface area contributed by atoms with Gasteiger partial charge in [0.2, 0.25) is 0 Å². The molecule has 2 N–H and O–H groups in total. The number of hydrogen-bond donors (Lipinski definition) is 2. The van der Waals surface area contributed by atoms with Crippen LogP contribution in [0.4, 0.5) is 5.69 Å². The maximum absolute atomic E-state index is 12.2. The predicted molar refractivity (Wildman–Crippen MR) is 93.5 cm³/mol. The van der Waals surface area contributed by atoms with Gasteiger partial charge < -0.3 is 15.0 Å². The molecule has 2 aromatic rings. The second-order valence-electron chi connectivity index (χ2n) is 5.81. The second kappa shape index (κ2) is 8.26. The van der Waals surface area contributed by atoms with Gasteiger partial charge in [-0.1, -0.05) is 12.1 Å². The molecule has 5 heteroatoms. The third-order valence-electron chi connectivity index (χ3n) is 3.71. The summed E-state index contributed by atoms with van der Waals surface area (Å²) in [6, 6.07) is 14.8. The number of ether oxygens (including phenoxy) is 1. The number of methoxy groups -OCH3 is 1. The van der Waals surface area contributed by atoms with Crippen molar-refractivity contribution in [2.45, 2.75) is 13.5 Å². The summed E-state index contributed by atoms with van der Waals surface area (Å²) in [5.74, 6) is 0.634. The minimum absolute atomic E-state index is 0.0650. The fraction of sp³-hybridized carbons (Fsp3) is 0.263. The lowest BCUT2D eigenvalue weighted by molar-refractivity contribution is -0.885. The number of ketones is 1. The van der Waals surface area contributed by atoms with Crippen molar-refractivity contribution in [1.29, 1.82) is 0 Å². The lowest BCUT2D eigenvalue weighted by Crippen LogP contribution is -3.08. The highest BCUT2D eigenvalue weighted by molar-refractivity contribution is 6.03. The largest absolute Gasteiger partial charge is 0.497 e. The molecule has 1 amide bonds. The van der Waals surface area contributed by atoms with Crippen molar-refractivity contribution in [3.05, 3.63) is 59.7 Å². The van der Waals surface area contributed by atoms with Gasteiger partial charge in [0.05, 0.1) is 19.8 Å². The summed E-state index contributed by atoms with van der Waals surface area (Å²) in [7, 11) is 3.59. The topological polar surface area (TPSA) is 59.8 Å². The smallest absolute Gasteiger partial charge is 0.279 e. The Balaban J connectivity index is 1.93. The quantitative estimate of drug-likeness (QED) is 0.759. The van der Waals surface area contributed by atoms with E-state index in [1.54, 1.807) is 31.4 Å². The van der Waals surface area contributed by atoms with Crippen LogP contribution in [-0.2, 0) is 11.3 Å². The molecule has 1 atom stereocenters. The third-order valence-corrected chi connectivity index (χ3v) is 3.71. The molecule has 0 saturated carbocycles. The molecule has 126 valence electrons. The molecule has 0 heterocycles. The predicted octanol–water partition coefficient (Wildman–Crippen LogP) is 1.55. The van der Waals surface area contributed by atoms with E-state index in [-0.39, 0.29) is 11.7 Å². The molecular weight excluding hydrogens is 304 g/mol. The molecule has 0 fully saturated rings. The average molecular weight is 327 g/mol. The molecule has 24 heavy (non-hydrogen) atoms. The van der Waals surface area contributed by atoms with E-state index in [0.29, 0.717) is 17.8 Å². The van der Waals surface area contributed by atoms with Crippen LogP contribution in [0.1, 0.15) is 22.8 Å². The van der Waals surface area contributed by atoms with Crippen LogP contribution in [0.5, 0.6) is 5.75 Å². The number of nitrogens with one attached hydrogen (secondary N) is 2. The highest BCUT2D eigenvalue weighted by Gasteiger charge is 2.14. The number of carbonyl (C=O) groups excluding carboxylic acids is 2. The summed E-state index contributed by atoms with van der Waals surface area (Å²) < 4.78 is 5.14. The maximum atomic E-state index is 12.2. The number of benzene rings is 2. The van der Waals surface area contributed by atoms with Crippen molar-refractivity contribution in [2.75, 3.05) is 26.0 Å². The number of anilines is 1. The first kappa shape index (κ1) is 17.7. The fourth-order valence-electron chi connectivity index (χ4n) is 2.52. The van der Waals surface area contributed by atoms with Gasteiger partial charge in [-0.2, -0.15) is 0 Å². The van der Waals surface area contributed by atoms with Crippen LogP contribution < -0.4 is 15.0 Å². The molecule has 0 aliphatic carbocycles. The van der Waals surface area contributed by atoms with Gasteiger partial charge in [0.1, 0.15) is 12.3 Å². The molecule has 0 radical (unpaired) electrons. The minimum atomic E-state index is -0.116. The SMILES string of the molecule is COc1ccc(C[NH+](C)CC(=O)Nc2ccccc2C(C)=O)cc1. The third kappa shape index (κ3) is 4.93. The zero-order chi connectivity index (χ0) is 17.5. The first-order valence-electron chi connectivity index (χ1n) is 7.83. The number of rotatable bonds is 7. The van der Waals surface area contributed by atoms with Crippen molar-refractivity contribution in [3.63, 3.8) is 0 Å². The number of hydrogen-bond acceptors (Lipinski definition) is 3. The number of quaternary nitrogens is 1. The molecule has 0 aliphatic heterocycles. The summed E-state index contributed by atoms with van der Waals surface area (Å²) in [6.45, 7) is 2.54. The molecule has 0 bridgehead atoms. The van der Waals surface area contributed by atoms with Crippen LogP contribution in [0.3, 0.4) is 0 Å². The summed E-state index contributed by atoms with van der Waals surface area (Å²) in [6.07, 6.45) is 0. The van der Waals surface area contributed by atoms with E-state index in [4.69, 9.17) is 4.74 Å². The van der Waals surface area contributed by atoms with Gasteiger partial charge in [0.15, 0.2) is 12.3 Å². The molecule has 0 aromatic heterocycles. The van der Waals surface area contributed by atoms with Gasteiger partial charge in [-0.15, -0.1) is 0 Å². The van der Waals surface area contributed by atoms with Crippen LogP contribution in [0.25, 0.3) is 0 Å². The normalized spacial score (nSPS) is 11.6. The molecule has 0 spiro atoms. The number of para-hydroxylation sites is 1. The van der Waals surface area contributed by atoms with E-state index in [9.17, 15) is 9.59 Å². The van der Waals surface area contributed by atoms with Crippen LogP contribution in [-0.4, -0.2) is 32.4 Å². The van der Waals surface area contributed by atoms with E-state index < -0.39 is 0 Å². The Hall–Kier alpha value is -2.66. The van der Waals surface area contributed by atoms with Gasteiger partial charge in [-0.25, -0.2) is 0 Å². The van der Waals surface area contributed by atoms with Gasteiger partial charge in [-0.3, -0.25) is 9.59 Å². The van der Waals surface area contributed by atoms with Gasteiger partial charge in [0, 0.05) is 11.1 Å². The Morgan fingerprint density at radius 3 is 2.38 bits per heavy atom. The summed E-state index contributed by atoms with van der Waals surface area (Å²) in [5, 5.41) is 2.83. The Labute approximate surface area is 142 Å². The number of likely N-dealkylation sites (N-methyl/N-ethyl adjacent to an activating group) is 1. The standard InChI is InChI=1S/C19H22N2O3/c1-14(22)17-6-4-5-7-18(17)20-19(23)13-21(2)12-15-8-10-16(24-3)11-9-15/h4-11H,12-13H2,1-3H3,(H,20,23)/p+1. The Bertz CT molecular complexity index is 711. The van der Waals surface area contributed by atoms with Crippen LogP contribution in [0.15, 0.2) is 48.5 Å². The fourth-order valence-corrected chi connectivity index (χ4v) is 2.52. The van der Waals surface area contributed by atoms with Gasteiger partial charge in [-0.05, 0) is 43.3 Å². The van der Waals surface area contributed by atoms with Crippen molar-refractivity contribution in [3.8, 4) is 5.75 Å². The maximum Gasteiger partial charge on any atom is 0.279 e. The highest BCUT2D eigenvalue weighted by Crippen LogP contribution is 2.15. The van der Waals surface area contributed by atoms with Crippen LogP contribution in [0.2, 0.25) is 0 Å². The van der Waals surface area contributed by atoms with Crippen molar-refractivity contribution in [2.24, 2.45) is 0 Å². The first-order valence-corrected chi connectivity index (χ1v) is 7.83. The lowest BCUT2D eigenvalue weighted by Gasteiger charge is -2.15. The average Bonchev–Trinajstić information content (AvgIpc) is 2.55. The minimum Gasteiger partial charge on any atom is -0.497 e. The second-order valence-corrected chi connectivity index (χ2v) is 5.81. The van der Waals surface area contributed by atoms with E-state index in [1.807, 2.05) is 31.3 Å². The molecule has 2 aromatic carbocycles. The van der Waals surface area contributed by atoms with E-state index in [0.717, 1.165) is 22.8 Å². The molecular formula is C19H23N2O3+. The lowest BCUT2D eigenvalue weighted by atomic mass is 10.1. The number of Topliss-reactive ketones (excluding diaryl/α,β-unsaturated/α-hetero) is 1. The monoisotopic (exact) mass is 327 g/mol. The van der Waals surface area contributed by atoms with Gasteiger partial charge >= 0.3 is 0 Å². The Kier molecular flexibility index (Phi) is 6.09. The molecule has 0 saturated heterocycles. The molecule has 5 nitrogen and oxygen atoms in total. The van der Waals surface area contributed by atoms with Crippen molar-refractivity contribution in [1.82, 2.24) is 0 Å². The van der Waals surface area contributed by atoms with Crippen molar-refractivity contribution < 1.29 is 19.2 Å². The van der Waals surface area contributed by atoms with E-state index in [2.05, 4.69) is 5.32 Å². The zero-order valence-corrected chi connectivity index (χ0v) is 14.3. The van der Waals surface area contributed by atoms with E-state index in [1.165, 1.54) is 6.92 Å². The first-order chi connectivity index (χ1) is 11.5. The Morgan fingerprint density at radius 2 is 1.75 bits per heavy atom. The summed E-state index contributed by atoms with van der Waals surface area (Å²) in [4.78, 5) is 24.9. The highest BCUT2D eigenvalue weighted by atomic mass is 16.5. The molecule has 0 aliphatic rings. The molecule has 1 unspecified atom stereocenters. The number of amides is 1. The molecule has 2 rings (SSSR count). The van der Waals surface area contributed by atoms with Gasteiger partial charge in [0.25, 0.3) is 5.91 Å². The Morgan fingerprint density at radius 1 is 1.08 bits per heavy atom. The summed E-state index contributed by atoms with van der Waals surface area (Å²) >= 11 is 0. The zero-order valence-electron chi connectivity index (χ0n) is 14.3. The summed E-state index contributed by atoms with van der Waals surface area (Å²) in [5.41, 5.74) is 2.22. The van der Waals surface area contributed by atoms with E-state index >= 15 is 0 Å². The van der Waals surface area contributed by atoms with Crippen molar-refractivity contribution >= 4 is 17.4 Å². The number of carbonyl (C=O) groups is 2. The van der Waals surface area contributed by atoms with Crippen LogP contribution >= 0.6 is 0 Å². The van der Waals surface area contributed by atoms with Crippen LogP contribution in [0, 0.1) is 0 Å².